The molecule has 4 rings (SSSR count). The highest BCUT2D eigenvalue weighted by atomic mass is 19.4. The molecule has 3 unspecified atom stereocenters. The Labute approximate surface area is 205 Å². The zero-order valence-corrected chi connectivity index (χ0v) is 20.3. The maximum absolute atomic E-state index is 13.5. The lowest BCUT2D eigenvalue weighted by Gasteiger charge is -2.43. The van der Waals surface area contributed by atoms with Gasteiger partial charge in [0.25, 0.3) is 0 Å². The molecule has 0 spiro atoms. The van der Waals surface area contributed by atoms with Crippen LogP contribution in [0.3, 0.4) is 0 Å². The third-order valence-electron chi connectivity index (χ3n) is 8.24. The maximum Gasteiger partial charge on any atom is 0.471 e. The third-order valence-corrected chi connectivity index (χ3v) is 8.24. The van der Waals surface area contributed by atoms with Gasteiger partial charge in [-0.2, -0.15) is 13.2 Å². The summed E-state index contributed by atoms with van der Waals surface area (Å²) in [5.41, 5.74) is 2.29. The Morgan fingerprint density at radius 2 is 1.69 bits per heavy atom. The van der Waals surface area contributed by atoms with E-state index in [0.717, 1.165) is 50.5 Å². The summed E-state index contributed by atoms with van der Waals surface area (Å²) in [6.07, 6.45) is 3.85. The first-order valence-corrected chi connectivity index (χ1v) is 13.2. The van der Waals surface area contributed by atoms with Gasteiger partial charge in [0.15, 0.2) is 0 Å². The molecule has 8 heteroatoms. The lowest BCUT2D eigenvalue weighted by Crippen LogP contribution is -2.51. The molecule has 1 aromatic carbocycles. The van der Waals surface area contributed by atoms with E-state index in [9.17, 15) is 27.9 Å². The van der Waals surface area contributed by atoms with Gasteiger partial charge in [0.1, 0.15) is 6.54 Å². The van der Waals surface area contributed by atoms with Crippen molar-refractivity contribution in [3.05, 3.63) is 35.4 Å². The number of carbonyl (C=O) groups excluding carboxylic acids is 2. The fraction of sp³-hybridized carbons (Fsp3) is 0.704. The van der Waals surface area contributed by atoms with Gasteiger partial charge in [-0.05, 0) is 61.5 Å². The summed E-state index contributed by atoms with van der Waals surface area (Å²) in [6, 6.07) is 7.89. The zero-order valence-electron chi connectivity index (χ0n) is 20.3. The van der Waals surface area contributed by atoms with Gasteiger partial charge in [0.2, 0.25) is 5.91 Å². The van der Waals surface area contributed by atoms with Crippen molar-refractivity contribution >= 4 is 11.8 Å². The number of halogens is 3. The summed E-state index contributed by atoms with van der Waals surface area (Å²) >= 11 is 0. The Balaban J connectivity index is 1.52. The molecule has 2 fully saturated rings. The predicted octanol–water partition coefficient (Wildman–Crippen LogP) is 5.02. The van der Waals surface area contributed by atoms with Crippen molar-refractivity contribution in [2.45, 2.75) is 89.0 Å². The number of carbonyl (C=O) groups is 2. The topological polar surface area (TPSA) is 60.9 Å². The van der Waals surface area contributed by atoms with Crippen molar-refractivity contribution in [2.24, 2.45) is 11.8 Å². The quantitative estimate of drug-likeness (QED) is 0.604. The highest BCUT2D eigenvalue weighted by molar-refractivity contribution is 5.88. The van der Waals surface area contributed by atoms with E-state index in [2.05, 4.69) is 6.07 Å². The molecule has 0 saturated heterocycles. The molecule has 2 saturated carbocycles. The fourth-order valence-corrected chi connectivity index (χ4v) is 6.37. The van der Waals surface area contributed by atoms with Crippen LogP contribution >= 0.6 is 0 Å². The molecule has 194 valence electrons. The molecule has 2 amide bonds. The third kappa shape index (κ3) is 6.19. The molecule has 1 heterocycles. The van der Waals surface area contributed by atoms with E-state index in [1.54, 1.807) is 4.90 Å². The molecule has 1 aromatic rings. The van der Waals surface area contributed by atoms with Crippen LogP contribution in [0.1, 0.15) is 81.4 Å². The second kappa shape index (κ2) is 11.3. The Morgan fingerprint density at radius 1 is 1.00 bits per heavy atom. The van der Waals surface area contributed by atoms with E-state index in [1.807, 2.05) is 18.2 Å². The van der Waals surface area contributed by atoms with Crippen LogP contribution in [0.5, 0.6) is 0 Å². The number of alkyl halides is 3. The summed E-state index contributed by atoms with van der Waals surface area (Å²) in [6.45, 7) is -0.302. The molecule has 2 aliphatic carbocycles. The largest absolute Gasteiger partial charge is 0.471 e. The second-order valence-corrected chi connectivity index (χ2v) is 10.5. The molecule has 35 heavy (non-hydrogen) atoms. The first-order chi connectivity index (χ1) is 16.8. The average Bonchev–Trinajstić information content (AvgIpc) is 2.86. The Bertz CT molecular complexity index is 885. The van der Waals surface area contributed by atoms with Crippen molar-refractivity contribution in [3.63, 3.8) is 0 Å². The van der Waals surface area contributed by atoms with Crippen LogP contribution in [0.25, 0.3) is 0 Å². The van der Waals surface area contributed by atoms with Crippen molar-refractivity contribution in [1.82, 2.24) is 9.80 Å². The second-order valence-electron chi connectivity index (χ2n) is 10.5. The molecule has 5 nitrogen and oxygen atoms in total. The van der Waals surface area contributed by atoms with Gasteiger partial charge in [-0.25, -0.2) is 0 Å². The molecular weight excluding hydrogens is 457 g/mol. The van der Waals surface area contributed by atoms with E-state index in [1.165, 1.54) is 12.0 Å². The van der Waals surface area contributed by atoms with Crippen LogP contribution in [0.15, 0.2) is 24.3 Å². The minimum Gasteiger partial charge on any atom is -0.393 e. The van der Waals surface area contributed by atoms with Crippen LogP contribution in [-0.4, -0.2) is 58.6 Å². The van der Waals surface area contributed by atoms with Gasteiger partial charge in [-0.15, -0.1) is 0 Å². The maximum atomic E-state index is 13.5. The SMILES string of the molecule is O=C(CN(CCC1CCCCC1O)C(=O)C(F)(F)F)N1CCc2ccccc2C1C1CCCCC1. The van der Waals surface area contributed by atoms with Crippen LogP contribution in [0.4, 0.5) is 13.2 Å². The standard InChI is InChI=1S/C27H37F3N2O3/c28-27(29,30)26(35)31(16-14-20-9-5-7-13-23(20)33)18-24(34)32-17-15-19-8-4-6-12-22(19)25(32)21-10-2-1-3-11-21/h4,6,8,12,20-21,23,25,33H,1-3,5,7,9-11,13-18H2. The van der Waals surface area contributed by atoms with Gasteiger partial charge in [0, 0.05) is 13.1 Å². The number of rotatable bonds is 6. The van der Waals surface area contributed by atoms with Crippen molar-refractivity contribution in [2.75, 3.05) is 19.6 Å². The smallest absolute Gasteiger partial charge is 0.393 e. The van der Waals surface area contributed by atoms with E-state index in [0.29, 0.717) is 24.3 Å². The number of amides is 2. The normalized spacial score (nSPS) is 25.7. The van der Waals surface area contributed by atoms with E-state index < -0.39 is 30.6 Å². The molecular formula is C27H37F3N2O3. The first-order valence-electron chi connectivity index (χ1n) is 13.2. The summed E-state index contributed by atoms with van der Waals surface area (Å²) < 4.78 is 40.3. The van der Waals surface area contributed by atoms with Gasteiger partial charge in [-0.1, -0.05) is 56.4 Å². The minimum atomic E-state index is -5.04. The average molecular weight is 495 g/mol. The fourth-order valence-electron chi connectivity index (χ4n) is 6.37. The first kappa shape index (κ1) is 26.0. The van der Waals surface area contributed by atoms with Gasteiger partial charge in [-0.3, -0.25) is 9.59 Å². The van der Waals surface area contributed by atoms with Crippen molar-refractivity contribution < 1.29 is 27.9 Å². The Hall–Kier alpha value is -2.09. The highest BCUT2D eigenvalue weighted by Crippen LogP contribution is 2.42. The van der Waals surface area contributed by atoms with Gasteiger partial charge in [0.05, 0.1) is 12.1 Å². The van der Waals surface area contributed by atoms with E-state index >= 15 is 0 Å². The number of nitrogens with zero attached hydrogens (tertiary/aromatic N) is 2. The number of fused-ring (bicyclic) bond motifs is 1. The van der Waals surface area contributed by atoms with Crippen LogP contribution < -0.4 is 0 Å². The Morgan fingerprint density at radius 3 is 2.40 bits per heavy atom. The van der Waals surface area contributed by atoms with E-state index in [4.69, 9.17) is 0 Å². The molecule has 0 aromatic heterocycles. The summed E-state index contributed by atoms with van der Waals surface area (Å²) in [4.78, 5) is 28.2. The monoisotopic (exact) mass is 494 g/mol. The summed E-state index contributed by atoms with van der Waals surface area (Å²) in [5.74, 6) is -2.25. The van der Waals surface area contributed by atoms with E-state index in [-0.39, 0.29) is 30.8 Å². The van der Waals surface area contributed by atoms with Crippen molar-refractivity contribution in [3.8, 4) is 0 Å². The number of benzene rings is 1. The van der Waals surface area contributed by atoms with Gasteiger partial charge >= 0.3 is 12.1 Å². The predicted molar refractivity (Wildman–Crippen MR) is 126 cm³/mol. The number of aliphatic hydroxyl groups excluding tert-OH is 1. The van der Waals surface area contributed by atoms with Crippen LogP contribution in [0.2, 0.25) is 0 Å². The summed E-state index contributed by atoms with van der Waals surface area (Å²) in [7, 11) is 0. The lowest BCUT2D eigenvalue weighted by molar-refractivity contribution is -0.186. The van der Waals surface area contributed by atoms with Crippen LogP contribution in [0, 0.1) is 11.8 Å². The minimum absolute atomic E-state index is 0.140. The molecule has 3 aliphatic rings. The number of aliphatic hydroxyl groups is 1. The zero-order chi connectivity index (χ0) is 25.0. The Kier molecular flexibility index (Phi) is 8.40. The van der Waals surface area contributed by atoms with Crippen LogP contribution in [-0.2, 0) is 16.0 Å². The molecule has 1 aliphatic heterocycles. The molecule has 0 radical (unpaired) electrons. The molecule has 3 atom stereocenters. The molecule has 0 bridgehead atoms. The highest BCUT2D eigenvalue weighted by Gasteiger charge is 2.44. The van der Waals surface area contributed by atoms with Crippen molar-refractivity contribution in [1.29, 1.82) is 0 Å². The molecule has 1 N–H and O–H groups in total. The lowest BCUT2D eigenvalue weighted by atomic mass is 9.77. The number of hydrogen-bond acceptors (Lipinski definition) is 3. The van der Waals surface area contributed by atoms with Gasteiger partial charge < -0.3 is 14.9 Å². The summed E-state index contributed by atoms with van der Waals surface area (Å²) in [5, 5.41) is 10.2. The number of hydrogen-bond donors (Lipinski definition) is 1.